The van der Waals surface area contributed by atoms with Crippen molar-refractivity contribution in [3.8, 4) is 5.69 Å². The fourth-order valence-electron chi connectivity index (χ4n) is 3.54. The maximum Gasteiger partial charge on any atom is 0.272 e. The zero-order valence-electron chi connectivity index (χ0n) is 14.0. The molecule has 0 aliphatic heterocycles. The highest BCUT2D eigenvalue weighted by Crippen LogP contribution is 2.57. The van der Waals surface area contributed by atoms with Gasteiger partial charge in [-0.3, -0.25) is 4.79 Å². The molecular weight excluding hydrogens is 345 g/mol. The van der Waals surface area contributed by atoms with Gasteiger partial charge in [0.05, 0.1) is 28.5 Å². The minimum absolute atomic E-state index is 0.170. The fourth-order valence-corrected chi connectivity index (χ4v) is 3.79. The van der Waals surface area contributed by atoms with E-state index < -0.39 is 11.4 Å². The van der Waals surface area contributed by atoms with E-state index in [1.54, 1.807) is 24.6 Å². The van der Waals surface area contributed by atoms with Gasteiger partial charge in [0.25, 0.3) is 5.91 Å². The third-order valence-electron chi connectivity index (χ3n) is 4.96. The van der Waals surface area contributed by atoms with E-state index in [1.807, 2.05) is 0 Å². The molecule has 2 aromatic rings. The number of hydrogen-bond acceptors (Lipinski definition) is 3. The summed E-state index contributed by atoms with van der Waals surface area (Å²) in [4.78, 5) is 12.7. The summed E-state index contributed by atoms with van der Waals surface area (Å²) in [5, 5.41) is 17.0. The van der Waals surface area contributed by atoms with Crippen molar-refractivity contribution in [2.24, 2.45) is 5.92 Å². The Kier molecular flexibility index (Phi) is 3.67. The number of aliphatic hydroxyl groups excluding tert-OH is 1. The first kappa shape index (κ1) is 16.5. The summed E-state index contributed by atoms with van der Waals surface area (Å²) < 4.78 is 15.1. The van der Waals surface area contributed by atoms with Crippen LogP contribution in [0.3, 0.4) is 0 Å². The largest absolute Gasteiger partial charge is 0.394 e. The van der Waals surface area contributed by atoms with Gasteiger partial charge >= 0.3 is 0 Å². The zero-order chi connectivity index (χ0) is 17.9. The van der Waals surface area contributed by atoms with E-state index in [1.165, 1.54) is 12.1 Å². The van der Waals surface area contributed by atoms with Gasteiger partial charge in [-0.05, 0) is 50.8 Å². The lowest BCUT2D eigenvalue weighted by Gasteiger charge is -2.23. The summed E-state index contributed by atoms with van der Waals surface area (Å²) in [6, 6.07) is 4.17. The van der Waals surface area contributed by atoms with Crippen molar-refractivity contribution in [2.75, 3.05) is 6.61 Å². The SMILES string of the molecule is CC(C)(CO)NC(=O)c1nn(-c2ccc(F)cc2Cl)c2c1C[C@H]1C[C@@H]21. The van der Waals surface area contributed by atoms with Crippen LogP contribution in [0.2, 0.25) is 5.02 Å². The third-order valence-corrected chi connectivity index (χ3v) is 5.27. The second-order valence-electron chi connectivity index (χ2n) is 7.52. The van der Waals surface area contributed by atoms with Gasteiger partial charge in [-0.25, -0.2) is 9.07 Å². The Hall–Kier alpha value is -1.92. The van der Waals surface area contributed by atoms with Crippen LogP contribution >= 0.6 is 11.6 Å². The van der Waals surface area contributed by atoms with Gasteiger partial charge in [0.2, 0.25) is 0 Å². The summed E-state index contributed by atoms with van der Waals surface area (Å²) in [6.07, 6.45) is 1.90. The number of aliphatic hydroxyl groups is 1. The molecule has 1 aromatic carbocycles. The predicted octanol–water partition coefficient (Wildman–Crippen LogP) is 2.83. The van der Waals surface area contributed by atoms with Crippen molar-refractivity contribution in [1.29, 1.82) is 0 Å². The van der Waals surface area contributed by atoms with Crippen molar-refractivity contribution < 1.29 is 14.3 Å². The molecule has 1 amide bonds. The molecule has 2 aliphatic rings. The Labute approximate surface area is 149 Å². The van der Waals surface area contributed by atoms with Crippen molar-refractivity contribution in [3.63, 3.8) is 0 Å². The topological polar surface area (TPSA) is 67.2 Å². The molecule has 0 bridgehead atoms. The van der Waals surface area contributed by atoms with Gasteiger partial charge < -0.3 is 10.4 Å². The number of carbonyl (C=O) groups excluding carboxylic acids is 1. The zero-order valence-corrected chi connectivity index (χ0v) is 14.8. The molecule has 1 heterocycles. The average Bonchev–Trinajstić information content (AvgIpc) is 3.04. The van der Waals surface area contributed by atoms with Crippen LogP contribution in [0.1, 0.15) is 47.9 Å². The smallest absolute Gasteiger partial charge is 0.272 e. The Morgan fingerprint density at radius 3 is 2.96 bits per heavy atom. The molecule has 1 saturated carbocycles. The van der Waals surface area contributed by atoms with Gasteiger partial charge in [0, 0.05) is 11.5 Å². The summed E-state index contributed by atoms with van der Waals surface area (Å²) in [5.41, 5.74) is 2.15. The summed E-state index contributed by atoms with van der Waals surface area (Å²) in [7, 11) is 0. The van der Waals surface area contributed by atoms with Crippen LogP contribution in [0, 0.1) is 11.7 Å². The van der Waals surface area contributed by atoms with E-state index >= 15 is 0 Å². The standard InChI is InChI=1S/C18H19ClFN3O2/c1-18(2,8-24)21-17(25)15-12-6-9-5-11(9)16(12)23(22-15)14-4-3-10(20)7-13(14)19/h3-4,7,9,11,24H,5-6,8H2,1-2H3,(H,21,25)/t9-,11-/m1/s1. The van der Waals surface area contributed by atoms with Crippen molar-refractivity contribution in [2.45, 2.75) is 38.1 Å². The monoisotopic (exact) mass is 363 g/mol. The van der Waals surface area contributed by atoms with Gasteiger partial charge in [-0.2, -0.15) is 5.10 Å². The van der Waals surface area contributed by atoms with Crippen molar-refractivity contribution in [1.82, 2.24) is 15.1 Å². The van der Waals surface area contributed by atoms with Gasteiger partial charge in [-0.15, -0.1) is 0 Å². The molecule has 0 saturated heterocycles. The van der Waals surface area contributed by atoms with Crippen LogP contribution in [-0.4, -0.2) is 32.9 Å². The van der Waals surface area contributed by atoms with E-state index in [-0.39, 0.29) is 17.5 Å². The molecule has 132 valence electrons. The molecule has 0 unspecified atom stereocenters. The summed E-state index contributed by atoms with van der Waals surface area (Å²) in [5.74, 6) is 0.213. The molecular formula is C18H19ClFN3O2. The van der Waals surface area contributed by atoms with Crippen LogP contribution in [-0.2, 0) is 6.42 Å². The first-order valence-electron chi connectivity index (χ1n) is 8.31. The highest BCUT2D eigenvalue weighted by atomic mass is 35.5. The third kappa shape index (κ3) is 2.73. The molecule has 25 heavy (non-hydrogen) atoms. The molecule has 5 nitrogen and oxygen atoms in total. The number of nitrogens with zero attached hydrogens (tertiary/aromatic N) is 2. The van der Waals surface area contributed by atoms with Crippen LogP contribution in [0.4, 0.5) is 4.39 Å². The highest BCUT2D eigenvalue weighted by molar-refractivity contribution is 6.32. The van der Waals surface area contributed by atoms with Crippen LogP contribution < -0.4 is 5.32 Å². The number of rotatable bonds is 4. The number of carbonyl (C=O) groups is 1. The number of amides is 1. The van der Waals surface area contributed by atoms with E-state index in [4.69, 9.17) is 11.6 Å². The first-order valence-corrected chi connectivity index (χ1v) is 8.69. The van der Waals surface area contributed by atoms with E-state index in [0.29, 0.717) is 23.2 Å². The maximum atomic E-state index is 13.4. The van der Waals surface area contributed by atoms with E-state index in [2.05, 4.69) is 10.4 Å². The Bertz CT molecular complexity index is 877. The molecule has 1 aromatic heterocycles. The molecule has 0 spiro atoms. The van der Waals surface area contributed by atoms with Gasteiger partial charge in [-0.1, -0.05) is 11.6 Å². The molecule has 2 aliphatic carbocycles. The lowest BCUT2D eigenvalue weighted by Crippen LogP contribution is -2.46. The van der Waals surface area contributed by atoms with Crippen LogP contribution in [0.15, 0.2) is 18.2 Å². The first-order chi connectivity index (χ1) is 11.8. The Balaban J connectivity index is 1.78. The molecule has 0 radical (unpaired) electrons. The van der Waals surface area contributed by atoms with Gasteiger partial charge in [0.15, 0.2) is 5.69 Å². The summed E-state index contributed by atoms with van der Waals surface area (Å²) in [6.45, 7) is 3.32. The molecule has 2 atom stereocenters. The minimum Gasteiger partial charge on any atom is -0.394 e. The van der Waals surface area contributed by atoms with Gasteiger partial charge in [0.1, 0.15) is 5.82 Å². The second-order valence-corrected chi connectivity index (χ2v) is 7.93. The maximum absolute atomic E-state index is 13.4. The van der Waals surface area contributed by atoms with Crippen molar-refractivity contribution in [3.05, 3.63) is 46.0 Å². The number of benzene rings is 1. The number of halogens is 2. The lowest BCUT2D eigenvalue weighted by molar-refractivity contribution is 0.0863. The quantitative estimate of drug-likeness (QED) is 0.877. The normalized spacial score (nSPS) is 21.0. The van der Waals surface area contributed by atoms with Crippen LogP contribution in [0.5, 0.6) is 0 Å². The number of nitrogens with one attached hydrogen (secondary N) is 1. The van der Waals surface area contributed by atoms with E-state index in [9.17, 15) is 14.3 Å². The highest BCUT2D eigenvalue weighted by Gasteiger charge is 2.50. The second kappa shape index (κ2) is 5.54. The van der Waals surface area contributed by atoms with Crippen LogP contribution in [0.25, 0.3) is 5.69 Å². The number of aromatic nitrogens is 2. The number of hydrogen-bond donors (Lipinski definition) is 2. The predicted molar refractivity (Wildman–Crippen MR) is 91.7 cm³/mol. The molecule has 1 fully saturated rings. The number of fused-ring (bicyclic) bond motifs is 3. The fraction of sp³-hybridized carbons (Fsp3) is 0.444. The van der Waals surface area contributed by atoms with Crippen molar-refractivity contribution >= 4 is 17.5 Å². The van der Waals surface area contributed by atoms with E-state index in [0.717, 1.165) is 24.1 Å². The average molecular weight is 364 g/mol. The molecule has 2 N–H and O–H groups in total. The molecule has 4 rings (SSSR count). The minimum atomic E-state index is -0.733. The Morgan fingerprint density at radius 2 is 2.28 bits per heavy atom. The summed E-state index contributed by atoms with van der Waals surface area (Å²) >= 11 is 6.21. The lowest BCUT2D eigenvalue weighted by atomic mass is 10.1. The molecule has 7 heteroatoms. The Morgan fingerprint density at radius 1 is 1.52 bits per heavy atom.